The molecule has 4 rings (SSSR count). The number of amides is 2. The second kappa shape index (κ2) is 21.2. The van der Waals surface area contributed by atoms with E-state index in [1.54, 1.807) is 64.9 Å². The molecule has 55 heavy (non-hydrogen) atoms. The molecule has 0 radical (unpaired) electrons. The fourth-order valence-corrected chi connectivity index (χ4v) is 7.03. The Morgan fingerprint density at radius 2 is 0.945 bits per heavy atom. The molecule has 2 fully saturated rings. The topological polar surface area (TPSA) is 122 Å². The zero-order valence-corrected chi connectivity index (χ0v) is 32.9. The standard InChI is InChI=1S/C43H52N2O10/c1-49-35-26-32(27-36(50-2)41(35)53-5)12-8-10-14-39(46)44-20-16-30(17-21-44)24-34(43(48)55-7)25-31-18-22-45(23-19-31)40(47)15-11-9-13-33-28-37(51-3)42(54-6)38(29-33)52-4/h10-11,14-15,26-31,34H,16-25H2,1-7H3. The van der Waals surface area contributed by atoms with Gasteiger partial charge in [0.2, 0.25) is 23.3 Å². The van der Waals surface area contributed by atoms with Crippen molar-refractivity contribution in [1.29, 1.82) is 0 Å². The van der Waals surface area contributed by atoms with E-state index in [0.717, 1.165) is 38.5 Å². The summed E-state index contributed by atoms with van der Waals surface area (Å²) in [4.78, 5) is 42.3. The predicted octanol–water partition coefficient (Wildman–Crippen LogP) is 5.30. The molecule has 2 aliphatic rings. The van der Waals surface area contributed by atoms with E-state index in [2.05, 4.69) is 23.7 Å². The van der Waals surface area contributed by atoms with E-state index in [4.69, 9.17) is 33.2 Å². The molecule has 0 unspecified atom stereocenters. The summed E-state index contributed by atoms with van der Waals surface area (Å²) >= 11 is 0. The van der Waals surface area contributed by atoms with E-state index in [0.29, 0.717) is 83.6 Å². The van der Waals surface area contributed by atoms with Crippen molar-refractivity contribution < 1.29 is 47.5 Å². The van der Waals surface area contributed by atoms with Gasteiger partial charge in [-0.15, -0.1) is 0 Å². The van der Waals surface area contributed by atoms with Crippen LogP contribution >= 0.6 is 0 Å². The highest BCUT2D eigenvalue weighted by molar-refractivity contribution is 5.88. The van der Waals surface area contributed by atoms with Crippen LogP contribution < -0.4 is 28.4 Å². The molecule has 2 aliphatic heterocycles. The average Bonchev–Trinajstić information content (AvgIpc) is 3.22. The number of rotatable bonds is 13. The molecule has 2 amide bonds. The lowest BCUT2D eigenvalue weighted by atomic mass is 9.80. The van der Waals surface area contributed by atoms with Crippen LogP contribution in [0.2, 0.25) is 0 Å². The first-order valence-corrected chi connectivity index (χ1v) is 18.3. The molecule has 0 aromatic heterocycles. The Morgan fingerprint density at radius 3 is 1.24 bits per heavy atom. The van der Waals surface area contributed by atoms with Crippen molar-refractivity contribution in [3.05, 3.63) is 59.7 Å². The molecule has 294 valence electrons. The predicted molar refractivity (Wildman–Crippen MR) is 208 cm³/mol. The van der Waals surface area contributed by atoms with Crippen molar-refractivity contribution in [2.75, 3.05) is 75.9 Å². The maximum atomic E-state index is 12.9. The van der Waals surface area contributed by atoms with Crippen molar-refractivity contribution in [2.45, 2.75) is 38.5 Å². The fraction of sp³-hybridized carbons (Fsp3) is 0.465. The molecule has 2 aromatic carbocycles. The van der Waals surface area contributed by atoms with Crippen LogP contribution in [0.3, 0.4) is 0 Å². The number of methoxy groups -OCH3 is 7. The molecule has 0 bridgehead atoms. The molecule has 0 spiro atoms. The van der Waals surface area contributed by atoms with Crippen molar-refractivity contribution in [3.8, 4) is 58.2 Å². The third-order valence-corrected chi connectivity index (χ3v) is 10.0. The van der Waals surface area contributed by atoms with Gasteiger partial charge in [-0.1, -0.05) is 23.7 Å². The van der Waals surface area contributed by atoms with E-state index < -0.39 is 0 Å². The zero-order valence-electron chi connectivity index (χ0n) is 32.9. The summed E-state index contributed by atoms with van der Waals surface area (Å²) in [6.45, 7) is 2.46. The SMILES string of the molecule is COC(=O)C(CC1CCN(C(=O)C=CC#Cc2cc(OC)c(OC)c(OC)c2)CC1)CC1CCN(C(=O)C=CC#Cc2cc(OC)c(OC)c(OC)c2)CC1. The van der Waals surface area contributed by atoms with Gasteiger partial charge in [-0.25, -0.2) is 0 Å². The first-order valence-electron chi connectivity index (χ1n) is 18.3. The van der Waals surface area contributed by atoms with Crippen molar-refractivity contribution in [3.63, 3.8) is 0 Å². The van der Waals surface area contributed by atoms with Crippen LogP contribution in [0.5, 0.6) is 34.5 Å². The Morgan fingerprint density at radius 1 is 0.600 bits per heavy atom. The van der Waals surface area contributed by atoms with Gasteiger partial charge in [-0.2, -0.15) is 0 Å². The average molecular weight is 757 g/mol. The Balaban J connectivity index is 1.23. The van der Waals surface area contributed by atoms with Gasteiger partial charge < -0.3 is 43.0 Å². The summed E-state index contributed by atoms with van der Waals surface area (Å²) in [5.74, 6) is 14.9. The minimum absolute atomic E-state index is 0.0936. The number of allylic oxidation sites excluding steroid dienone is 2. The number of ether oxygens (including phenoxy) is 7. The number of hydrogen-bond donors (Lipinski definition) is 0. The van der Waals surface area contributed by atoms with Crippen LogP contribution in [0.1, 0.15) is 49.7 Å². The maximum Gasteiger partial charge on any atom is 0.308 e. The number of piperidine rings is 2. The van der Waals surface area contributed by atoms with Crippen LogP contribution in [-0.4, -0.2) is 104 Å². The monoisotopic (exact) mass is 756 g/mol. The van der Waals surface area contributed by atoms with Crippen LogP contribution in [0.25, 0.3) is 0 Å². The first-order chi connectivity index (χ1) is 26.7. The number of nitrogens with zero attached hydrogens (tertiary/aromatic N) is 2. The highest BCUT2D eigenvalue weighted by Gasteiger charge is 2.31. The molecule has 0 atom stereocenters. The van der Waals surface area contributed by atoms with Gasteiger partial charge in [0.1, 0.15) is 0 Å². The fourth-order valence-electron chi connectivity index (χ4n) is 7.03. The smallest absolute Gasteiger partial charge is 0.308 e. The lowest BCUT2D eigenvalue weighted by molar-refractivity contribution is -0.147. The van der Waals surface area contributed by atoms with E-state index >= 15 is 0 Å². The van der Waals surface area contributed by atoms with Crippen molar-refractivity contribution in [2.24, 2.45) is 17.8 Å². The summed E-state index contributed by atoms with van der Waals surface area (Å²) in [5.41, 5.74) is 1.33. The van der Waals surface area contributed by atoms with Gasteiger partial charge in [-0.3, -0.25) is 14.4 Å². The van der Waals surface area contributed by atoms with Gasteiger partial charge in [-0.05, 0) is 86.8 Å². The molecule has 0 aliphatic carbocycles. The molecule has 2 saturated heterocycles. The number of carbonyl (C=O) groups excluding carboxylic acids is 3. The third kappa shape index (κ3) is 11.6. The normalized spacial score (nSPS) is 15.3. The molecular weight excluding hydrogens is 704 g/mol. The van der Waals surface area contributed by atoms with Gasteiger partial charge in [0, 0.05) is 49.5 Å². The highest BCUT2D eigenvalue weighted by atomic mass is 16.5. The summed E-state index contributed by atoms with van der Waals surface area (Å²) in [7, 11) is 10.7. The van der Waals surface area contributed by atoms with Crippen LogP contribution in [0.4, 0.5) is 0 Å². The molecule has 2 heterocycles. The van der Waals surface area contributed by atoms with Gasteiger partial charge in [0.25, 0.3) is 0 Å². The Bertz CT molecular complexity index is 1650. The summed E-state index contributed by atoms with van der Waals surface area (Å²) in [5, 5.41) is 0. The number of carbonyl (C=O) groups is 3. The van der Waals surface area contributed by atoms with E-state index in [1.807, 2.05) is 9.80 Å². The van der Waals surface area contributed by atoms with E-state index in [9.17, 15) is 14.4 Å². The van der Waals surface area contributed by atoms with Crippen molar-refractivity contribution >= 4 is 17.8 Å². The Hall–Kier alpha value is -5.75. The lowest BCUT2D eigenvalue weighted by Gasteiger charge is -2.35. The minimum atomic E-state index is -0.222. The highest BCUT2D eigenvalue weighted by Crippen LogP contribution is 2.39. The lowest BCUT2D eigenvalue weighted by Crippen LogP contribution is -2.39. The molecule has 0 N–H and O–H groups in total. The van der Waals surface area contributed by atoms with E-state index in [-0.39, 0.29) is 23.7 Å². The first kappa shape index (κ1) is 42.0. The maximum absolute atomic E-state index is 12.9. The number of hydrogen-bond acceptors (Lipinski definition) is 10. The molecule has 2 aromatic rings. The molecule has 12 heteroatoms. The van der Waals surface area contributed by atoms with Crippen LogP contribution in [0.15, 0.2) is 48.6 Å². The molecular formula is C43H52N2O10. The van der Waals surface area contributed by atoms with E-state index in [1.165, 1.54) is 33.5 Å². The minimum Gasteiger partial charge on any atom is -0.493 e. The number of benzene rings is 2. The number of likely N-dealkylation sites (tertiary alicyclic amines) is 2. The van der Waals surface area contributed by atoms with Crippen molar-refractivity contribution in [1.82, 2.24) is 9.80 Å². The Kier molecular flexibility index (Phi) is 16.2. The quantitative estimate of drug-likeness (QED) is 0.151. The second-order valence-electron chi connectivity index (χ2n) is 13.3. The van der Waals surface area contributed by atoms with Gasteiger partial charge >= 0.3 is 5.97 Å². The molecule has 0 saturated carbocycles. The van der Waals surface area contributed by atoms with Crippen LogP contribution in [0, 0.1) is 41.4 Å². The summed E-state index contributed by atoms with van der Waals surface area (Å²) in [6.07, 6.45) is 10.8. The molecule has 12 nitrogen and oxygen atoms in total. The van der Waals surface area contributed by atoms with Gasteiger partial charge in [0.05, 0.1) is 55.7 Å². The van der Waals surface area contributed by atoms with Gasteiger partial charge in [0.15, 0.2) is 23.0 Å². The zero-order chi connectivity index (χ0) is 39.7. The summed E-state index contributed by atoms with van der Waals surface area (Å²) in [6, 6.07) is 7.00. The second-order valence-corrected chi connectivity index (χ2v) is 13.3. The summed E-state index contributed by atoms with van der Waals surface area (Å²) < 4.78 is 37.4. The number of esters is 1. The van der Waals surface area contributed by atoms with Crippen LogP contribution in [-0.2, 0) is 19.1 Å². The third-order valence-electron chi connectivity index (χ3n) is 10.0. The Labute approximate surface area is 324 Å². The largest absolute Gasteiger partial charge is 0.493 e.